The SMILES string of the molecule is C=Cc1cc(C)c(Cl)nn1.Cc1cc(C=O)nnc1Cl.Cc1cc(Cl)nnc1Cl. The lowest BCUT2D eigenvalue weighted by molar-refractivity contribution is 0.111. The molecule has 29 heavy (non-hydrogen) atoms. The Morgan fingerprint density at radius 3 is 1.48 bits per heavy atom. The molecule has 11 heteroatoms. The Hall–Kier alpha value is -2.19. The summed E-state index contributed by atoms with van der Waals surface area (Å²) in [6.07, 6.45) is 2.27. The van der Waals surface area contributed by atoms with Crippen LogP contribution in [0, 0.1) is 20.8 Å². The Kier molecular flexibility index (Phi) is 10.6. The molecule has 0 saturated heterocycles. The summed E-state index contributed by atoms with van der Waals surface area (Å²) in [6.45, 7) is 9.03. The van der Waals surface area contributed by atoms with Crippen molar-refractivity contribution < 1.29 is 4.79 Å². The zero-order valence-electron chi connectivity index (χ0n) is 15.7. The van der Waals surface area contributed by atoms with Crippen LogP contribution < -0.4 is 0 Å². The van der Waals surface area contributed by atoms with Gasteiger partial charge in [-0.05, 0) is 61.7 Å². The molecule has 0 saturated carbocycles. The lowest BCUT2D eigenvalue weighted by Crippen LogP contribution is -1.92. The lowest BCUT2D eigenvalue weighted by atomic mass is 10.3. The molecule has 0 unspecified atom stereocenters. The van der Waals surface area contributed by atoms with Gasteiger partial charge in [-0.2, -0.15) is 0 Å². The lowest BCUT2D eigenvalue weighted by Gasteiger charge is -1.94. The van der Waals surface area contributed by atoms with Gasteiger partial charge in [0.2, 0.25) is 0 Å². The summed E-state index contributed by atoms with van der Waals surface area (Å²) in [5, 5.41) is 23.1. The van der Waals surface area contributed by atoms with Crippen molar-refractivity contribution in [3.63, 3.8) is 0 Å². The first-order valence-corrected chi connectivity index (χ1v) is 9.41. The van der Waals surface area contributed by atoms with Crippen LogP contribution in [0.3, 0.4) is 0 Å². The quantitative estimate of drug-likeness (QED) is 0.458. The highest BCUT2D eigenvalue weighted by Crippen LogP contribution is 2.13. The molecule has 3 aromatic heterocycles. The van der Waals surface area contributed by atoms with Crippen molar-refractivity contribution in [1.82, 2.24) is 30.6 Å². The molecule has 0 radical (unpaired) electrons. The molecule has 0 spiro atoms. The fourth-order valence-electron chi connectivity index (χ4n) is 1.58. The first-order chi connectivity index (χ1) is 13.7. The normalized spacial score (nSPS) is 9.48. The Morgan fingerprint density at radius 2 is 1.10 bits per heavy atom. The summed E-state index contributed by atoms with van der Waals surface area (Å²) in [5.74, 6) is 0. The molecular weight excluding hydrogens is 458 g/mol. The standard InChI is InChI=1S/C7H7ClN2.C6H5ClN2O.C5H4Cl2N2/c1-3-6-4-5(2)7(8)10-9-6;1-4-2-5(3-10)8-9-6(4)7;1-3-2-4(6)8-9-5(3)7/h3-4H,1H2,2H3;2-3H,1H3;2H,1H3. The number of rotatable bonds is 2. The summed E-state index contributed by atoms with van der Waals surface area (Å²) in [5.41, 5.74) is 3.59. The summed E-state index contributed by atoms with van der Waals surface area (Å²) in [6, 6.07) is 5.08. The van der Waals surface area contributed by atoms with E-state index in [4.69, 9.17) is 46.4 Å². The molecule has 7 nitrogen and oxygen atoms in total. The van der Waals surface area contributed by atoms with E-state index in [0.717, 1.165) is 22.4 Å². The van der Waals surface area contributed by atoms with Gasteiger partial charge in [0.05, 0.1) is 5.69 Å². The molecule has 0 bridgehead atoms. The zero-order valence-corrected chi connectivity index (χ0v) is 18.7. The van der Waals surface area contributed by atoms with E-state index in [1.165, 1.54) is 0 Å². The minimum atomic E-state index is 0.307. The average molecular weight is 474 g/mol. The van der Waals surface area contributed by atoms with E-state index in [1.54, 1.807) is 25.1 Å². The molecule has 0 fully saturated rings. The van der Waals surface area contributed by atoms with E-state index < -0.39 is 0 Å². The Balaban J connectivity index is 0.000000218. The second-order valence-corrected chi connectivity index (χ2v) is 6.91. The van der Waals surface area contributed by atoms with Crippen LogP contribution in [0.2, 0.25) is 20.6 Å². The Morgan fingerprint density at radius 1 is 0.690 bits per heavy atom. The van der Waals surface area contributed by atoms with Crippen molar-refractivity contribution >= 4 is 58.8 Å². The molecule has 0 amide bonds. The van der Waals surface area contributed by atoms with Crippen LogP contribution in [0.5, 0.6) is 0 Å². The van der Waals surface area contributed by atoms with Gasteiger partial charge in [-0.15, -0.1) is 30.6 Å². The van der Waals surface area contributed by atoms with Crippen LogP contribution >= 0.6 is 46.4 Å². The topological polar surface area (TPSA) is 94.4 Å². The van der Waals surface area contributed by atoms with Crippen LogP contribution in [0.1, 0.15) is 32.9 Å². The van der Waals surface area contributed by atoms with Gasteiger partial charge < -0.3 is 0 Å². The molecule has 0 aromatic carbocycles. The van der Waals surface area contributed by atoms with Crippen molar-refractivity contribution in [1.29, 1.82) is 0 Å². The van der Waals surface area contributed by atoms with Crippen LogP contribution in [-0.2, 0) is 0 Å². The van der Waals surface area contributed by atoms with E-state index >= 15 is 0 Å². The number of hydrogen-bond acceptors (Lipinski definition) is 7. The van der Waals surface area contributed by atoms with Gasteiger partial charge >= 0.3 is 0 Å². The van der Waals surface area contributed by atoms with Gasteiger partial charge in [0.25, 0.3) is 0 Å². The van der Waals surface area contributed by atoms with Crippen molar-refractivity contribution in [2.24, 2.45) is 0 Å². The maximum atomic E-state index is 10.1. The van der Waals surface area contributed by atoms with Crippen molar-refractivity contribution in [3.05, 3.63) is 73.5 Å². The smallest absolute Gasteiger partial charge is 0.170 e. The van der Waals surface area contributed by atoms with E-state index in [-0.39, 0.29) is 0 Å². The van der Waals surface area contributed by atoms with Gasteiger partial charge in [-0.3, -0.25) is 4.79 Å². The van der Waals surface area contributed by atoms with Crippen molar-refractivity contribution in [2.75, 3.05) is 0 Å². The third kappa shape index (κ3) is 8.79. The van der Waals surface area contributed by atoms with Crippen LogP contribution in [0.15, 0.2) is 24.8 Å². The first kappa shape index (κ1) is 24.8. The summed E-state index contributed by atoms with van der Waals surface area (Å²) in [4.78, 5) is 10.1. The number of aromatic nitrogens is 6. The van der Waals surface area contributed by atoms with Gasteiger partial charge in [0.1, 0.15) is 5.69 Å². The largest absolute Gasteiger partial charge is 0.296 e. The molecule has 0 N–H and O–H groups in total. The predicted molar refractivity (Wildman–Crippen MR) is 116 cm³/mol. The van der Waals surface area contributed by atoms with Gasteiger partial charge in [-0.25, -0.2) is 0 Å². The van der Waals surface area contributed by atoms with Crippen LogP contribution in [0.25, 0.3) is 6.08 Å². The summed E-state index contributed by atoms with van der Waals surface area (Å²) >= 11 is 22.2. The highest BCUT2D eigenvalue weighted by molar-refractivity contribution is 6.31. The second kappa shape index (κ2) is 12.4. The molecule has 3 aromatic rings. The summed E-state index contributed by atoms with van der Waals surface area (Å²) < 4.78 is 0. The van der Waals surface area contributed by atoms with Crippen molar-refractivity contribution in [2.45, 2.75) is 20.8 Å². The molecule has 0 atom stereocenters. The Bertz CT molecular complexity index is 945. The molecule has 0 aliphatic heterocycles. The minimum absolute atomic E-state index is 0.307. The number of aldehydes is 1. The molecular formula is C18H16Cl4N6O. The first-order valence-electron chi connectivity index (χ1n) is 7.90. The van der Waals surface area contributed by atoms with Crippen LogP contribution in [-0.4, -0.2) is 36.9 Å². The third-order valence-electron chi connectivity index (χ3n) is 3.11. The molecule has 3 rings (SSSR count). The van der Waals surface area contributed by atoms with E-state index in [1.807, 2.05) is 19.9 Å². The number of hydrogen-bond donors (Lipinski definition) is 0. The second-order valence-electron chi connectivity index (χ2n) is 5.45. The fourth-order valence-corrected chi connectivity index (χ4v) is 2.05. The molecule has 0 aliphatic rings. The maximum absolute atomic E-state index is 10.1. The van der Waals surface area contributed by atoms with Crippen LogP contribution in [0.4, 0.5) is 0 Å². The highest BCUT2D eigenvalue weighted by Gasteiger charge is 1.98. The average Bonchev–Trinajstić information content (AvgIpc) is 2.70. The number of carbonyl (C=O) groups excluding carboxylic acids is 1. The van der Waals surface area contributed by atoms with Crippen molar-refractivity contribution in [3.8, 4) is 0 Å². The van der Waals surface area contributed by atoms with Gasteiger partial charge in [-0.1, -0.05) is 53.0 Å². The van der Waals surface area contributed by atoms with E-state index in [0.29, 0.717) is 32.6 Å². The predicted octanol–water partition coefficient (Wildman–Crippen LogP) is 5.42. The molecule has 3 heterocycles. The number of nitrogens with zero attached hydrogens (tertiary/aromatic N) is 6. The number of halogens is 4. The maximum Gasteiger partial charge on any atom is 0.170 e. The Labute approximate surface area is 188 Å². The summed E-state index contributed by atoms with van der Waals surface area (Å²) in [7, 11) is 0. The fraction of sp³-hybridized carbons (Fsp3) is 0.167. The monoisotopic (exact) mass is 472 g/mol. The highest BCUT2D eigenvalue weighted by atomic mass is 35.5. The van der Waals surface area contributed by atoms with E-state index in [2.05, 4.69) is 37.2 Å². The third-order valence-corrected chi connectivity index (χ3v) is 4.42. The number of aryl methyl sites for hydroxylation is 3. The number of carbonyl (C=O) groups is 1. The van der Waals surface area contributed by atoms with Gasteiger partial charge in [0, 0.05) is 0 Å². The van der Waals surface area contributed by atoms with Gasteiger partial charge in [0.15, 0.2) is 26.9 Å². The zero-order chi connectivity index (χ0) is 22.0. The van der Waals surface area contributed by atoms with E-state index in [9.17, 15) is 4.79 Å². The minimum Gasteiger partial charge on any atom is -0.296 e. The molecule has 0 aliphatic carbocycles. The molecule has 152 valence electrons.